The summed E-state index contributed by atoms with van der Waals surface area (Å²) < 4.78 is 0. The molecule has 0 aliphatic heterocycles. The summed E-state index contributed by atoms with van der Waals surface area (Å²) in [4.78, 5) is 12.6. The first-order valence-corrected chi connectivity index (χ1v) is 9.25. The first-order valence-electron chi connectivity index (χ1n) is 9.25. The van der Waals surface area contributed by atoms with E-state index in [4.69, 9.17) is 0 Å². The molecule has 3 saturated carbocycles. The number of fused-ring (bicyclic) bond motifs is 5. The summed E-state index contributed by atoms with van der Waals surface area (Å²) in [5, 5.41) is 0. The van der Waals surface area contributed by atoms with Crippen LogP contribution in [0, 0.1) is 34.5 Å². The molecule has 0 amide bonds. The van der Waals surface area contributed by atoms with Crippen molar-refractivity contribution in [1.29, 1.82) is 0 Å². The van der Waals surface area contributed by atoms with Crippen LogP contribution in [0.2, 0.25) is 0 Å². The number of ketones is 1. The van der Waals surface area contributed by atoms with Gasteiger partial charge in [-0.2, -0.15) is 0 Å². The normalized spacial score (nSPS) is 52.8. The molecule has 0 N–H and O–H groups in total. The third-order valence-electron chi connectivity index (χ3n) is 7.97. The fourth-order valence-electron chi connectivity index (χ4n) is 6.81. The molecule has 0 saturated heterocycles. The maximum atomic E-state index is 12.6. The minimum Gasteiger partial charge on any atom is -0.299 e. The molecule has 0 aromatic rings. The van der Waals surface area contributed by atoms with Gasteiger partial charge in [0.25, 0.3) is 0 Å². The molecule has 0 bridgehead atoms. The van der Waals surface area contributed by atoms with Crippen molar-refractivity contribution in [2.45, 2.75) is 71.6 Å². The third-order valence-corrected chi connectivity index (χ3v) is 7.97. The standard InChI is InChI=1S/C20H30O/c1-19-11-5-6-15(19)14-8-9-17-18(21)7-3-4-12-20(17,2)16(14)10-13-19/h5,11,14-17H,3-4,6-10,12-13H2,1-2H3. The predicted octanol–water partition coefficient (Wildman–Crippen LogP) is 5.15. The number of carbonyl (C=O) groups excluding carboxylic acids is 1. The summed E-state index contributed by atoms with van der Waals surface area (Å²) in [5.74, 6) is 3.56. The molecule has 3 fully saturated rings. The maximum Gasteiger partial charge on any atom is 0.136 e. The highest BCUT2D eigenvalue weighted by atomic mass is 16.1. The summed E-state index contributed by atoms with van der Waals surface area (Å²) >= 11 is 0. The summed E-state index contributed by atoms with van der Waals surface area (Å²) in [6.45, 7) is 4.98. The van der Waals surface area contributed by atoms with Gasteiger partial charge in [-0.3, -0.25) is 4.79 Å². The Labute approximate surface area is 129 Å². The van der Waals surface area contributed by atoms with Gasteiger partial charge in [-0.05, 0) is 73.5 Å². The Kier molecular flexibility index (Phi) is 3.14. The first kappa shape index (κ1) is 14.0. The zero-order valence-electron chi connectivity index (χ0n) is 13.7. The average molecular weight is 286 g/mol. The highest BCUT2D eigenvalue weighted by molar-refractivity contribution is 5.82. The van der Waals surface area contributed by atoms with Crippen LogP contribution in [-0.2, 0) is 4.79 Å². The van der Waals surface area contributed by atoms with Crippen LogP contribution >= 0.6 is 0 Å². The molecular weight excluding hydrogens is 256 g/mol. The minimum atomic E-state index is 0.320. The highest BCUT2D eigenvalue weighted by Crippen LogP contribution is 2.63. The van der Waals surface area contributed by atoms with Crippen LogP contribution < -0.4 is 0 Å². The van der Waals surface area contributed by atoms with Gasteiger partial charge in [0.2, 0.25) is 0 Å². The fraction of sp³-hybridized carbons (Fsp3) is 0.850. The van der Waals surface area contributed by atoms with Gasteiger partial charge in [-0.15, -0.1) is 0 Å². The zero-order valence-corrected chi connectivity index (χ0v) is 13.7. The summed E-state index contributed by atoms with van der Waals surface area (Å²) in [6.07, 6.45) is 16.1. The highest BCUT2D eigenvalue weighted by Gasteiger charge is 2.57. The Balaban J connectivity index is 1.67. The molecule has 4 aliphatic carbocycles. The van der Waals surface area contributed by atoms with Crippen molar-refractivity contribution < 1.29 is 4.79 Å². The van der Waals surface area contributed by atoms with E-state index < -0.39 is 0 Å². The number of hydrogen-bond acceptors (Lipinski definition) is 1. The molecule has 0 spiro atoms. The summed E-state index contributed by atoms with van der Waals surface area (Å²) in [7, 11) is 0. The van der Waals surface area contributed by atoms with Crippen molar-refractivity contribution in [3.05, 3.63) is 12.2 Å². The van der Waals surface area contributed by atoms with E-state index in [-0.39, 0.29) is 0 Å². The lowest BCUT2D eigenvalue weighted by Gasteiger charge is -2.57. The Morgan fingerprint density at radius 2 is 1.90 bits per heavy atom. The second kappa shape index (κ2) is 4.70. The Morgan fingerprint density at radius 3 is 2.76 bits per heavy atom. The summed E-state index contributed by atoms with van der Waals surface area (Å²) in [5.41, 5.74) is 0.791. The van der Waals surface area contributed by atoms with E-state index in [0.29, 0.717) is 22.5 Å². The predicted molar refractivity (Wildman–Crippen MR) is 85.9 cm³/mol. The van der Waals surface area contributed by atoms with Crippen LogP contribution in [0.15, 0.2) is 12.2 Å². The molecule has 4 rings (SSSR count). The molecule has 6 unspecified atom stereocenters. The van der Waals surface area contributed by atoms with Crippen molar-refractivity contribution in [3.8, 4) is 0 Å². The van der Waals surface area contributed by atoms with Crippen LogP contribution in [0.5, 0.6) is 0 Å². The van der Waals surface area contributed by atoms with E-state index in [1.54, 1.807) is 0 Å². The lowest BCUT2D eigenvalue weighted by molar-refractivity contribution is -0.137. The van der Waals surface area contributed by atoms with Gasteiger partial charge in [-0.25, -0.2) is 0 Å². The fourth-order valence-corrected chi connectivity index (χ4v) is 6.81. The molecule has 6 atom stereocenters. The molecule has 1 heteroatoms. The molecule has 0 aromatic carbocycles. The number of rotatable bonds is 0. The molecule has 21 heavy (non-hydrogen) atoms. The van der Waals surface area contributed by atoms with Crippen molar-refractivity contribution >= 4 is 5.78 Å². The molecule has 116 valence electrons. The van der Waals surface area contributed by atoms with E-state index >= 15 is 0 Å². The molecule has 0 radical (unpaired) electrons. The Bertz CT molecular complexity index is 478. The number of allylic oxidation sites excluding steroid dienone is 2. The lowest BCUT2D eigenvalue weighted by Crippen LogP contribution is -2.52. The molecule has 0 aromatic heterocycles. The topological polar surface area (TPSA) is 17.1 Å². The second-order valence-electron chi connectivity index (χ2n) is 8.87. The van der Waals surface area contributed by atoms with E-state index in [9.17, 15) is 4.79 Å². The van der Waals surface area contributed by atoms with Gasteiger partial charge in [0.05, 0.1) is 0 Å². The number of carbonyl (C=O) groups is 1. The van der Waals surface area contributed by atoms with Gasteiger partial charge in [0.1, 0.15) is 5.78 Å². The second-order valence-corrected chi connectivity index (χ2v) is 8.87. The van der Waals surface area contributed by atoms with Gasteiger partial charge in [-0.1, -0.05) is 32.4 Å². The Hall–Kier alpha value is -0.590. The smallest absolute Gasteiger partial charge is 0.136 e. The van der Waals surface area contributed by atoms with E-state index in [1.807, 2.05) is 0 Å². The molecule has 0 heterocycles. The van der Waals surface area contributed by atoms with Crippen LogP contribution in [0.3, 0.4) is 0 Å². The third kappa shape index (κ3) is 1.92. The van der Waals surface area contributed by atoms with E-state index in [1.165, 1.54) is 44.9 Å². The van der Waals surface area contributed by atoms with Crippen LogP contribution in [-0.4, -0.2) is 5.78 Å². The van der Waals surface area contributed by atoms with Gasteiger partial charge < -0.3 is 0 Å². The van der Waals surface area contributed by atoms with Crippen molar-refractivity contribution in [1.82, 2.24) is 0 Å². The van der Waals surface area contributed by atoms with Crippen LogP contribution in [0.1, 0.15) is 71.6 Å². The summed E-state index contributed by atoms with van der Waals surface area (Å²) in [6, 6.07) is 0. The largest absolute Gasteiger partial charge is 0.299 e. The van der Waals surface area contributed by atoms with Crippen molar-refractivity contribution in [2.24, 2.45) is 34.5 Å². The Morgan fingerprint density at radius 1 is 1.05 bits per heavy atom. The number of hydrogen-bond donors (Lipinski definition) is 0. The quantitative estimate of drug-likeness (QED) is 0.562. The van der Waals surface area contributed by atoms with Crippen LogP contribution in [0.4, 0.5) is 0 Å². The zero-order chi connectivity index (χ0) is 14.7. The van der Waals surface area contributed by atoms with Crippen LogP contribution in [0.25, 0.3) is 0 Å². The molecule has 1 nitrogen and oxygen atoms in total. The molecule has 4 aliphatic rings. The van der Waals surface area contributed by atoms with Gasteiger partial charge in [0, 0.05) is 12.3 Å². The van der Waals surface area contributed by atoms with Gasteiger partial charge in [0.15, 0.2) is 0 Å². The maximum absolute atomic E-state index is 12.6. The number of Topliss-reactive ketones (excluding diaryl/α,β-unsaturated/α-hetero) is 1. The van der Waals surface area contributed by atoms with E-state index in [0.717, 1.165) is 30.6 Å². The SMILES string of the molecule is CC12C=CCC1C1CCC3C(=O)CCCCC3(C)C1CC2. The van der Waals surface area contributed by atoms with Crippen molar-refractivity contribution in [2.75, 3.05) is 0 Å². The lowest BCUT2D eigenvalue weighted by atomic mass is 9.47. The van der Waals surface area contributed by atoms with Gasteiger partial charge >= 0.3 is 0 Å². The monoisotopic (exact) mass is 286 g/mol. The minimum absolute atomic E-state index is 0.320. The average Bonchev–Trinajstić information content (AvgIpc) is 2.78. The van der Waals surface area contributed by atoms with E-state index in [2.05, 4.69) is 26.0 Å². The first-order chi connectivity index (χ1) is 10.0. The van der Waals surface area contributed by atoms with Crippen molar-refractivity contribution in [3.63, 3.8) is 0 Å². The molecular formula is C20H30O.